The van der Waals surface area contributed by atoms with Crippen molar-refractivity contribution >= 4 is 34.3 Å². The van der Waals surface area contributed by atoms with Crippen LogP contribution in [-0.4, -0.2) is 32.9 Å². The van der Waals surface area contributed by atoms with E-state index in [0.717, 1.165) is 34.9 Å². The van der Waals surface area contributed by atoms with Gasteiger partial charge in [0.1, 0.15) is 6.61 Å². The number of fused-ring (bicyclic) bond motifs is 1. The first-order valence-electron chi connectivity index (χ1n) is 12.3. The highest BCUT2D eigenvalue weighted by Gasteiger charge is 2.26. The van der Waals surface area contributed by atoms with Crippen molar-refractivity contribution in [2.45, 2.75) is 63.3 Å². The lowest BCUT2D eigenvalue weighted by Crippen LogP contribution is -2.17. The fourth-order valence-electron chi connectivity index (χ4n) is 4.35. The number of rotatable bonds is 9. The van der Waals surface area contributed by atoms with Crippen molar-refractivity contribution < 1.29 is 4.74 Å². The van der Waals surface area contributed by atoms with Gasteiger partial charge >= 0.3 is 0 Å². The summed E-state index contributed by atoms with van der Waals surface area (Å²) in [7, 11) is 2.00. The van der Waals surface area contributed by atoms with E-state index in [4.69, 9.17) is 21.3 Å². The lowest BCUT2D eigenvalue weighted by Gasteiger charge is -2.22. The molecular formula is C29H35ClN4OS. The molecule has 4 aromatic rings. The van der Waals surface area contributed by atoms with E-state index in [-0.39, 0.29) is 10.8 Å². The number of likely N-dealkylation sites (N-methyl/N-ethyl adjacent to an activating group) is 1. The maximum atomic E-state index is 6.19. The zero-order chi connectivity index (χ0) is 25.9. The van der Waals surface area contributed by atoms with E-state index in [9.17, 15) is 0 Å². The summed E-state index contributed by atoms with van der Waals surface area (Å²) in [5.74, 6) is 0.609. The minimum atomic E-state index is 0.0484. The van der Waals surface area contributed by atoms with Crippen LogP contribution < -0.4 is 10.1 Å². The van der Waals surface area contributed by atoms with Gasteiger partial charge in [-0.1, -0.05) is 50.6 Å². The molecule has 190 valence electrons. The van der Waals surface area contributed by atoms with E-state index in [1.165, 1.54) is 21.5 Å². The van der Waals surface area contributed by atoms with Crippen LogP contribution in [-0.2, 0) is 13.0 Å². The average Bonchev–Trinajstić information content (AvgIpc) is 3.12. The van der Waals surface area contributed by atoms with Gasteiger partial charge in [0.05, 0.1) is 23.4 Å². The van der Waals surface area contributed by atoms with Gasteiger partial charge in [-0.2, -0.15) is 0 Å². The number of halogens is 1. The molecule has 3 aromatic heterocycles. The fraction of sp³-hybridized carbons (Fsp3) is 0.379. The van der Waals surface area contributed by atoms with E-state index < -0.39 is 0 Å². The van der Waals surface area contributed by atoms with Gasteiger partial charge in [-0.05, 0) is 50.7 Å². The second-order valence-electron chi connectivity index (χ2n) is 10.0. The molecule has 0 aliphatic rings. The molecule has 0 radical (unpaired) electrons. The number of hydrogen-bond donors (Lipinski definition) is 1. The van der Waals surface area contributed by atoms with Gasteiger partial charge in [0.2, 0.25) is 5.88 Å². The van der Waals surface area contributed by atoms with Gasteiger partial charge in [-0.3, -0.25) is 4.98 Å². The number of ether oxygens (including phenoxy) is 1. The number of aryl methyl sites for hydroxylation is 1. The predicted molar refractivity (Wildman–Crippen MR) is 152 cm³/mol. The lowest BCUT2D eigenvalue weighted by atomic mass is 10.1. The summed E-state index contributed by atoms with van der Waals surface area (Å²) < 4.78 is 8.59. The molecule has 3 heterocycles. The topological polar surface area (TPSA) is 52.0 Å². The Morgan fingerprint density at radius 1 is 1.14 bits per heavy atom. The molecule has 0 amide bonds. The van der Waals surface area contributed by atoms with Crippen LogP contribution in [0.4, 0.5) is 0 Å². The van der Waals surface area contributed by atoms with Crippen molar-refractivity contribution in [3.63, 3.8) is 0 Å². The molecule has 0 bridgehead atoms. The van der Waals surface area contributed by atoms with Gasteiger partial charge in [-0.25, -0.2) is 4.98 Å². The van der Waals surface area contributed by atoms with Crippen molar-refractivity contribution in [1.82, 2.24) is 19.9 Å². The predicted octanol–water partition coefficient (Wildman–Crippen LogP) is 7.23. The third kappa shape index (κ3) is 6.23. The Hall–Kier alpha value is -2.54. The van der Waals surface area contributed by atoms with Crippen molar-refractivity contribution in [2.24, 2.45) is 0 Å². The number of aromatic nitrogens is 3. The molecule has 0 fully saturated rings. The molecule has 0 saturated carbocycles. The standard InChI is InChI=1S/C29H35ClN4OS/c1-19-8-7-9-23(33-19)18-35-27-16-24-26(17-32-27)34(20(2)21-10-12-22(30)13-11-21)25(14-15-31-6)28(24)36-29(3,4)5/h7-13,16-17,20,31H,14-15,18H2,1-6H3. The SMILES string of the molecule is CNCCc1c(SC(C)(C)C)c2cc(OCc3cccc(C)n3)ncc2n1C(C)c1ccc(Cl)cc1. The molecular weight excluding hydrogens is 488 g/mol. The molecule has 7 heteroatoms. The van der Waals surface area contributed by atoms with Gasteiger partial charge in [-0.15, -0.1) is 11.8 Å². The molecule has 0 spiro atoms. The van der Waals surface area contributed by atoms with E-state index >= 15 is 0 Å². The third-order valence-corrected chi connectivity index (χ3v) is 7.51. The van der Waals surface area contributed by atoms with Crippen LogP contribution in [0.2, 0.25) is 5.02 Å². The second-order valence-corrected chi connectivity index (χ2v) is 12.3. The minimum absolute atomic E-state index is 0.0484. The van der Waals surface area contributed by atoms with E-state index in [0.29, 0.717) is 12.5 Å². The Labute approximate surface area is 223 Å². The molecule has 0 saturated heterocycles. The summed E-state index contributed by atoms with van der Waals surface area (Å²) in [4.78, 5) is 10.6. The number of nitrogens with zero attached hydrogens (tertiary/aromatic N) is 3. The van der Waals surface area contributed by atoms with Crippen LogP contribution in [0.25, 0.3) is 10.9 Å². The van der Waals surface area contributed by atoms with Crippen LogP contribution in [0.3, 0.4) is 0 Å². The fourth-order valence-corrected chi connectivity index (χ4v) is 5.68. The van der Waals surface area contributed by atoms with E-state index in [1.54, 1.807) is 0 Å². The van der Waals surface area contributed by atoms with Crippen LogP contribution >= 0.6 is 23.4 Å². The van der Waals surface area contributed by atoms with Crippen molar-refractivity contribution in [2.75, 3.05) is 13.6 Å². The molecule has 1 atom stereocenters. The Kier molecular flexibility index (Phi) is 8.28. The van der Waals surface area contributed by atoms with Crippen molar-refractivity contribution in [3.8, 4) is 5.88 Å². The van der Waals surface area contributed by atoms with Crippen LogP contribution in [0, 0.1) is 6.92 Å². The van der Waals surface area contributed by atoms with Gasteiger partial charge in [0.25, 0.3) is 0 Å². The normalized spacial score (nSPS) is 12.8. The Morgan fingerprint density at radius 2 is 1.89 bits per heavy atom. The number of hydrogen-bond acceptors (Lipinski definition) is 5. The van der Waals surface area contributed by atoms with Crippen LogP contribution in [0.1, 0.15) is 56.4 Å². The summed E-state index contributed by atoms with van der Waals surface area (Å²) in [6.45, 7) is 12.3. The second kappa shape index (κ2) is 11.2. The third-order valence-electron chi connectivity index (χ3n) is 5.99. The molecule has 0 aliphatic carbocycles. The summed E-state index contributed by atoms with van der Waals surface area (Å²) in [6.07, 6.45) is 2.86. The minimum Gasteiger partial charge on any atom is -0.471 e. The molecule has 1 unspecified atom stereocenters. The van der Waals surface area contributed by atoms with Gasteiger partial charge in [0.15, 0.2) is 0 Å². The van der Waals surface area contributed by atoms with E-state index in [1.807, 2.05) is 62.3 Å². The lowest BCUT2D eigenvalue weighted by molar-refractivity contribution is 0.289. The number of thioether (sulfide) groups is 1. The molecule has 1 aromatic carbocycles. The first-order chi connectivity index (χ1) is 17.2. The van der Waals surface area contributed by atoms with Crippen molar-refractivity contribution in [1.29, 1.82) is 0 Å². The number of benzene rings is 1. The van der Waals surface area contributed by atoms with Crippen LogP contribution in [0.15, 0.2) is 59.6 Å². The van der Waals surface area contributed by atoms with Crippen LogP contribution in [0.5, 0.6) is 5.88 Å². The molecule has 0 aliphatic heterocycles. The molecule has 1 N–H and O–H groups in total. The highest BCUT2D eigenvalue weighted by atomic mass is 35.5. The monoisotopic (exact) mass is 522 g/mol. The Balaban J connectivity index is 1.82. The van der Waals surface area contributed by atoms with Gasteiger partial charge < -0.3 is 14.6 Å². The zero-order valence-electron chi connectivity index (χ0n) is 21.9. The Bertz CT molecular complexity index is 1330. The van der Waals surface area contributed by atoms with E-state index in [2.05, 4.69) is 60.8 Å². The largest absolute Gasteiger partial charge is 0.471 e. The first kappa shape index (κ1) is 26.5. The maximum Gasteiger partial charge on any atom is 0.214 e. The highest BCUT2D eigenvalue weighted by Crippen LogP contribution is 2.43. The molecule has 5 nitrogen and oxygen atoms in total. The summed E-state index contributed by atoms with van der Waals surface area (Å²) in [5.41, 5.74) is 5.49. The molecule has 4 rings (SSSR count). The zero-order valence-corrected chi connectivity index (χ0v) is 23.5. The highest BCUT2D eigenvalue weighted by molar-refractivity contribution is 8.00. The average molecular weight is 523 g/mol. The maximum absolute atomic E-state index is 6.19. The first-order valence-corrected chi connectivity index (χ1v) is 13.5. The quantitative estimate of drug-likeness (QED) is 0.235. The smallest absolute Gasteiger partial charge is 0.214 e. The van der Waals surface area contributed by atoms with Gasteiger partial charge in [0, 0.05) is 50.5 Å². The summed E-state index contributed by atoms with van der Waals surface area (Å²) in [5, 5.41) is 5.25. The Morgan fingerprint density at radius 3 is 2.56 bits per heavy atom. The summed E-state index contributed by atoms with van der Waals surface area (Å²) >= 11 is 8.09. The number of pyridine rings is 2. The number of nitrogens with one attached hydrogen (secondary N) is 1. The summed E-state index contributed by atoms with van der Waals surface area (Å²) in [6, 6.07) is 16.3. The van der Waals surface area contributed by atoms with Crippen molar-refractivity contribution in [3.05, 3.63) is 82.4 Å². The molecule has 36 heavy (non-hydrogen) atoms.